The molecule has 6 heteroatoms. The topological polar surface area (TPSA) is 61.4 Å². The maximum Gasteiger partial charge on any atom is 0.359 e. The van der Waals surface area contributed by atoms with Gasteiger partial charge in [0.05, 0.1) is 11.0 Å². The second kappa shape index (κ2) is 5.49. The fourth-order valence-corrected chi connectivity index (χ4v) is 2.83. The van der Waals surface area contributed by atoms with Gasteiger partial charge in [0.25, 0.3) is 0 Å². The first-order valence-corrected chi connectivity index (χ1v) is 7.69. The first kappa shape index (κ1) is 14.4. The number of carbonyl (C=O) groups excluding carboxylic acids is 1. The van der Waals surface area contributed by atoms with E-state index in [0.29, 0.717) is 11.5 Å². The number of ether oxygens (including phenoxy) is 1. The monoisotopic (exact) mass is 320 g/mol. The number of para-hydroxylation sites is 2. The van der Waals surface area contributed by atoms with Crippen LogP contribution in [-0.2, 0) is 11.8 Å². The molecule has 4 aromatic rings. The highest BCUT2D eigenvalue weighted by Gasteiger charge is 2.20. The predicted molar refractivity (Wildman–Crippen MR) is 89.7 cm³/mol. The lowest BCUT2D eigenvalue weighted by Gasteiger charge is -2.12. The number of nitrogens with zero attached hydrogens (tertiary/aromatic N) is 4. The standard InChI is InChI=1S/C18H16N4O2/c1-12(17-20-13-7-3-4-8-15(13)21(17)2)24-18(23)14-11-22-10-6-5-9-16(22)19-14/h3-12H,1-2H3/t12-/m1/s1. The van der Waals surface area contributed by atoms with E-state index in [9.17, 15) is 4.79 Å². The van der Waals surface area contributed by atoms with E-state index < -0.39 is 12.1 Å². The van der Waals surface area contributed by atoms with E-state index in [-0.39, 0.29) is 5.69 Å². The number of esters is 1. The predicted octanol–water partition coefficient (Wildman–Crippen LogP) is 3.14. The molecule has 1 atom stereocenters. The molecule has 0 N–H and O–H groups in total. The largest absolute Gasteiger partial charge is 0.450 e. The lowest BCUT2D eigenvalue weighted by molar-refractivity contribution is 0.0309. The molecule has 3 aromatic heterocycles. The Balaban J connectivity index is 1.61. The van der Waals surface area contributed by atoms with Crippen LogP contribution in [0.2, 0.25) is 0 Å². The van der Waals surface area contributed by atoms with Crippen molar-refractivity contribution in [3.8, 4) is 0 Å². The minimum atomic E-state index is -0.472. The highest BCUT2D eigenvalue weighted by Crippen LogP contribution is 2.22. The van der Waals surface area contributed by atoms with Crippen LogP contribution < -0.4 is 0 Å². The van der Waals surface area contributed by atoms with Crippen LogP contribution >= 0.6 is 0 Å². The van der Waals surface area contributed by atoms with Crippen LogP contribution in [0.25, 0.3) is 16.7 Å². The number of carbonyl (C=O) groups is 1. The number of fused-ring (bicyclic) bond motifs is 2. The molecule has 24 heavy (non-hydrogen) atoms. The van der Waals surface area contributed by atoms with E-state index in [1.165, 1.54) is 0 Å². The second-order valence-electron chi connectivity index (χ2n) is 5.66. The molecule has 120 valence electrons. The van der Waals surface area contributed by atoms with Gasteiger partial charge >= 0.3 is 5.97 Å². The van der Waals surface area contributed by atoms with Gasteiger partial charge in [-0.15, -0.1) is 0 Å². The number of rotatable bonds is 3. The van der Waals surface area contributed by atoms with E-state index in [1.54, 1.807) is 10.6 Å². The zero-order chi connectivity index (χ0) is 16.7. The Morgan fingerprint density at radius 2 is 1.92 bits per heavy atom. The average molecular weight is 320 g/mol. The molecule has 3 heterocycles. The maximum absolute atomic E-state index is 12.4. The van der Waals surface area contributed by atoms with E-state index in [0.717, 1.165) is 11.0 Å². The maximum atomic E-state index is 12.4. The molecular formula is C18H16N4O2. The Labute approximate surface area is 138 Å². The van der Waals surface area contributed by atoms with Gasteiger partial charge in [0.15, 0.2) is 17.6 Å². The highest BCUT2D eigenvalue weighted by molar-refractivity contribution is 5.88. The number of benzene rings is 1. The first-order valence-electron chi connectivity index (χ1n) is 7.69. The first-order chi connectivity index (χ1) is 11.6. The van der Waals surface area contributed by atoms with Gasteiger partial charge < -0.3 is 13.7 Å². The van der Waals surface area contributed by atoms with Gasteiger partial charge in [-0.05, 0) is 31.2 Å². The Bertz CT molecular complexity index is 1010. The van der Waals surface area contributed by atoms with Crippen molar-refractivity contribution in [2.45, 2.75) is 13.0 Å². The number of hydrogen-bond donors (Lipinski definition) is 0. The number of aryl methyl sites for hydroxylation is 1. The highest BCUT2D eigenvalue weighted by atomic mass is 16.5. The summed E-state index contributed by atoms with van der Waals surface area (Å²) in [6.07, 6.45) is 3.03. The van der Waals surface area contributed by atoms with Gasteiger partial charge in [-0.2, -0.15) is 0 Å². The van der Waals surface area contributed by atoms with Crippen molar-refractivity contribution in [1.82, 2.24) is 18.9 Å². The fraction of sp³-hybridized carbons (Fsp3) is 0.167. The van der Waals surface area contributed by atoms with Crippen LogP contribution in [-0.4, -0.2) is 24.9 Å². The van der Waals surface area contributed by atoms with E-state index >= 15 is 0 Å². The molecule has 0 aliphatic heterocycles. The van der Waals surface area contributed by atoms with E-state index in [2.05, 4.69) is 9.97 Å². The third kappa shape index (κ3) is 2.32. The molecule has 0 aliphatic carbocycles. The number of aromatic nitrogens is 4. The van der Waals surface area contributed by atoms with Crippen LogP contribution in [0.5, 0.6) is 0 Å². The SMILES string of the molecule is C[C@@H](OC(=O)c1cn2ccccc2n1)c1nc2ccccc2n1C. The van der Waals surface area contributed by atoms with Crippen LogP contribution in [0.3, 0.4) is 0 Å². The summed E-state index contributed by atoms with van der Waals surface area (Å²) in [5.74, 6) is 0.242. The van der Waals surface area contributed by atoms with Crippen LogP contribution in [0.15, 0.2) is 54.9 Å². The summed E-state index contributed by atoms with van der Waals surface area (Å²) in [5, 5.41) is 0. The Kier molecular flexibility index (Phi) is 3.30. The molecule has 0 spiro atoms. The van der Waals surface area contributed by atoms with Crippen molar-refractivity contribution >= 4 is 22.6 Å². The van der Waals surface area contributed by atoms with Gasteiger partial charge in [0.2, 0.25) is 0 Å². The minimum Gasteiger partial charge on any atom is -0.450 e. The molecule has 0 unspecified atom stereocenters. The van der Waals surface area contributed by atoms with Gasteiger partial charge in [-0.25, -0.2) is 14.8 Å². The smallest absolute Gasteiger partial charge is 0.359 e. The average Bonchev–Trinajstić information content (AvgIpc) is 3.17. The normalized spacial score (nSPS) is 12.6. The third-order valence-corrected chi connectivity index (χ3v) is 4.04. The molecule has 0 aliphatic rings. The molecular weight excluding hydrogens is 304 g/mol. The van der Waals surface area contributed by atoms with Crippen LogP contribution in [0.4, 0.5) is 0 Å². The van der Waals surface area contributed by atoms with Crippen molar-refractivity contribution < 1.29 is 9.53 Å². The van der Waals surface area contributed by atoms with Gasteiger partial charge in [0.1, 0.15) is 5.65 Å². The van der Waals surface area contributed by atoms with Crippen molar-refractivity contribution in [2.75, 3.05) is 0 Å². The molecule has 0 amide bonds. The summed E-state index contributed by atoms with van der Waals surface area (Å²) >= 11 is 0. The summed E-state index contributed by atoms with van der Waals surface area (Å²) in [6.45, 7) is 1.81. The molecule has 0 radical (unpaired) electrons. The molecule has 0 bridgehead atoms. The molecule has 0 fully saturated rings. The second-order valence-corrected chi connectivity index (χ2v) is 5.66. The fourth-order valence-electron chi connectivity index (χ4n) is 2.83. The summed E-state index contributed by atoms with van der Waals surface area (Å²) < 4.78 is 9.29. The van der Waals surface area contributed by atoms with Crippen LogP contribution in [0.1, 0.15) is 29.3 Å². The van der Waals surface area contributed by atoms with Gasteiger partial charge in [-0.3, -0.25) is 0 Å². The summed E-state index contributed by atoms with van der Waals surface area (Å²) in [6, 6.07) is 13.4. The van der Waals surface area contributed by atoms with Crippen LogP contribution in [0, 0.1) is 0 Å². The summed E-state index contributed by atoms with van der Waals surface area (Å²) in [5.41, 5.74) is 2.88. The minimum absolute atomic E-state index is 0.284. The van der Waals surface area contributed by atoms with E-state index in [4.69, 9.17) is 4.74 Å². The molecule has 6 nitrogen and oxygen atoms in total. The summed E-state index contributed by atoms with van der Waals surface area (Å²) in [4.78, 5) is 21.2. The van der Waals surface area contributed by atoms with Crippen molar-refractivity contribution in [3.05, 3.63) is 66.4 Å². The molecule has 0 saturated carbocycles. The number of imidazole rings is 2. The third-order valence-electron chi connectivity index (χ3n) is 4.04. The van der Waals surface area contributed by atoms with Crippen molar-refractivity contribution in [1.29, 1.82) is 0 Å². The van der Waals surface area contributed by atoms with Crippen molar-refractivity contribution in [3.63, 3.8) is 0 Å². The zero-order valence-electron chi connectivity index (χ0n) is 13.4. The Hall–Kier alpha value is -3.15. The summed E-state index contributed by atoms with van der Waals surface area (Å²) in [7, 11) is 1.92. The lowest BCUT2D eigenvalue weighted by Crippen LogP contribution is -2.13. The van der Waals surface area contributed by atoms with Gasteiger partial charge in [0, 0.05) is 19.4 Å². The Morgan fingerprint density at radius 3 is 2.71 bits per heavy atom. The zero-order valence-corrected chi connectivity index (χ0v) is 13.4. The quantitative estimate of drug-likeness (QED) is 0.544. The molecule has 0 saturated heterocycles. The molecule has 1 aromatic carbocycles. The Morgan fingerprint density at radius 1 is 1.12 bits per heavy atom. The lowest BCUT2D eigenvalue weighted by atomic mass is 10.3. The number of pyridine rings is 1. The van der Waals surface area contributed by atoms with Gasteiger partial charge in [-0.1, -0.05) is 18.2 Å². The molecule has 4 rings (SSSR count). The van der Waals surface area contributed by atoms with Crippen molar-refractivity contribution in [2.24, 2.45) is 7.05 Å². The van der Waals surface area contributed by atoms with E-state index in [1.807, 2.05) is 67.2 Å². The number of hydrogen-bond acceptors (Lipinski definition) is 4.